The molecule has 5 heteroatoms. The van der Waals surface area contributed by atoms with E-state index in [0.29, 0.717) is 11.1 Å². The highest BCUT2D eigenvalue weighted by molar-refractivity contribution is 6.02. The second-order valence-corrected chi connectivity index (χ2v) is 5.14. The van der Waals surface area contributed by atoms with Crippen LogP contribution in [0.2, 0.25) is 0 Å². The van der Waals surface area contributed by atoms with Crippen LogP contribution < -0.4 is 5.32 Å². The van der Waals surface area contributed by atoms with Gasteiger partial charge in [0.2, 0.25) is 0 Å². The Hall–Kier alpha value is -1.75. The molecule has 1 aromatic carbocycles. The van der Waals surface area contributed by atoms with Gasteiger partial charge in [0.25, 0.3) is 0 Å². The third-order valence-corrected chi connectivity index (χ3v) is 3.46. The predicted molar refractivity (Wildman–Crippen MR) is 78.8 cm³/mol. The lowest BCUT2D eigenvalue weighted by molar-refractivity contribution is -0.141. The Morgan fingerprint density at radius 3 is 2.57 bits per heavy atom. The smallest absolute Gasteiger partial charge is 0.307 e. The van der Waals surface area contributed by atoms with Crippen molar-refractivity contribution in [3.63, 3.8) is 0 Å². The van der Waals surface area contributed by atoms with E-state index in [0.717, 1.165) is 6.42 Å². The van der Waals surface area contributed by atoms with Gasteiger partial charge in [-0.15, -0.1) is 0 Å². The molecule has 21 heavy (non-hydrogen) atoms. The largest absolute Gasteiger partial charge is 0.469 e. The lowest BCUT2D eigenvalue weighted by Crippen LogP contribution is -2.43. The number of methoxy groups -OCH3 is 1. The van der Waals surface area contributed by atoms with Crippen LogP contribution in [-0.2, 0) is 9.53 Å². The fourth-order valence-corrected chi connectivity index (χ4v) is 1.94. The molecule has 0 aliphatic rings. The topological polar surface area (TPSA) is 55.4 Å². The number of carbonyl (C=O) groups is 2. The second-order valence-electron chi connectivity index (χ2n) is 5.14. The number of carbonyl (C=O) groups excluding carboxylic acids is 2. The highest BCUT2D eigenvalue weighted by Crippen LogP contribution is 2.13. The summed E-state index contributed by atoms with van der Waals surface area (Å²) in [5.74, 6) is -1.04. The van der Waals surface area contributed by atoms with Gasteiger partial charge in [0.15, 0.2) is 5.78 Å². The van der Waals surface area contributed by atoms with Crippen molar-refractivity contribution in [1.82, 2.24) is 5.32 Å². The minimum atomic E-state index is -0.669. The number of hydrogen-bond donors (Lipinski definition) is 1. The summed E-state index contributed by atoms with van der Waals surface area (Å²) in [7, 11) is 1.29. The van der Waals surface area contributed by atoms with Crippen LogP contribution in [0.15, 0.2) is 18.2 Å². The highest BCUT2D eigenvalue weighted by Gasteiger charge is 2.25. The second kappa shape index (κ2) is 7.88. The van der Waals surface area contributed by atoms with Crippen molar-refractivity contribution in [2.75, 3.05) is 7.11 Å². The van der Waals surface area contributed by atoms with Gasteiger partial charge < -0.3 is 10.1 Å². The predicted octanol–water partition coefficient (Wildman–Crippen LogP) is 2.64. The Kier molecular flexibility index (Phi) is 6.49. The zero-order valence-electron chi connectivity index (χ0n) is 12.9. The van der Waals surface area contributed by atoms with E-state index >= 15 is 0 Å². The summed E-state index contributed by atoms with van der Waals surface area (Å²) in [6.45, 7) is 5.52. The maximum absolute atomic E-state index is 13.3. The number of nitrogens with one attached hydrogen (secondary N) is 1. The monoisotopic (exact) mass is 295 g/mol. The number of ether oxygens (including phenoxy) is 1. The van der Waals surface area contributed by atoms with Crippen molar-refractivity contribution in [1.29, 1.82) is 0 Å². The minimum absolute atomic E-state index is 0.0455. The molecular formula is C16H22FNO3. The molecule has 0 saturated heterocycles. The molecule has 0 aliphatic heterocycles. The van der Waals surface area contributed by atoms with Gasteiger partial charge in [-0.1, -0.05) is 6.92 Å². The summed E-state index contributed by atoms with van der Waals surface area (Å²) >= 11 is 0. The first-order chi connectivity index (χ1) is 9.88. The summed E-state index contributed by atoms with van der Waals surface area (Å²) in [5.41, 5.74) is 0.791. The average molecular weight is 295 g/mol. The van der Waals surface area contributed by atoms with Crippen LogP contribution in [0.25, 0.3) is 0 Å². The first-order valence-electron chi connectivity index (χ1n) is 7.02. The zero-order chi connectivity index (χ0) is 16.0. The van der Waals surface area contributed by atoms with Gasteiger partial charge in [0.1, 0.15) is 5.82 Å². The summed E-state index contributed by atoms with van der Waals surface area (Å²) in [6.07, 6.45) is 0.781. The van der Waals surface area contributed by atoms with Crippen LogP contribution in [0.5, 0.6) is 0 Å². The SMILES string of the molecule is CCC(C)NC(CC(=O)OC)C(=O)c1ccc(F)c(C)c1. The van der Waals surface area contributed by atoms with E-state index in [9.17, 15) is 14.0 Å². The fourth-order valence-electron chi connectivity index (χ4n) is 1.94. The van der Waals surface area contributed by atoms with Gasteiger partial charge in [-0.2, -0.15) is 0 Å². The third-order valence-electron chi connectivity index (χ3n) is 3.46. The Morgan fingerprint density at radius 1 is 1.38 bits per heavy atom. The standard InChI is InChI=1S/C16H22FNO3/c1-5-11(3)18-14(9-15(19)21-4)16(20)12-6-7-13(17)10(2)8-12/h6-8,11,14,18H,5,9H2,1-4H3. The molecule has 2 atom stereocenters. The Morgan fingerprint density at radius 2 is 2.05 bits per heavy atom. The molecule has 4 nitrogen and oxygen atoms in total. The molecule has 0 spiro atoms. The molecule has 0 heterocycles. The van der Waals surface area contributed by atoms with Crippen molar-refractivity contribution < 1.29 is 18.7 Å². The van der Waals surface area contributed by atoms with Crippen molar-refractivity contribution in [3.8, 4) is 0 Å². The summed E-state index contributed by atoms with van der Waals surface area (Å²) in [4.78, 5) is 24.0. The number of rotatable bonds is 7. The van der Waals surface area contributed by atoms with Crippen LogP contribution in [0.1, 0.15) is 42.6 Å². The van der Waals surface area contributed by atoms with Gasteiger partial charge in [-0.25, -0.2) is 4.39 Å². The normalized spacial score (nSPS) is 13.6. The number of esters is 1. The van der Waals surface area contributed by atoms with Crippen LogP contribution in [0, 0.1) is 12.7 Å². The Labute approximate surface area is 124 Å². The molecule has 0 bridgehead atoms. The molecule has 2 unspecified atom stereocenters. The lowest BCUT2D eigenvalue weighted by atomic mass is 9.99. The van der Waals surface area contributed by atoms with Crippen molar-refractivity contribution in [2.24, 2.45) is 0 Å². The van der Waals surface area contributed by atoms with Crippen molar-refractivity contribution >= 4 is 11.8 Å². The van der Waals surface area contributed by atoms with Gasteiger partial charge >= 0.3 is 5.97 Å². The molecule has 0 fully saturated rings. The third kappa shape index (κ3) is 4.93. The number of hydrogen-bond acceptors (Lipinski definition) is 4. The lowest BCUT2D eigenvalue weighted by Gasteiger charge is -2.21. The van der Waals surface area contributed by atoms with E-state index in [1.165, 1.54) is 25.3 Å². The molecule has 0 amide bonds. The van der Waals surface area contributed by atoms with E-state index in [1.807, 2.05) is 13.8 Å². The molecule has 116 valence electrons. The van der Waals surface area contributed by atoms with Crippen molar-refractivity contribution in [2.45, 2.75) is 45.7 Å². The molecule has 1 aromatic rings. The maximum Gasteiger partial charge on any atom is 0.307 e. The molecule has 0 aliphatic carbocycles. The van der Waals surface area contributed by atoms with Crippen LogP contribution >= 0.6 is 0 Å². The molecule has 0 saturated carbocycles. The van der Waals surface area contributed by atoms with E-state index in [1.54, 1.807) is 6.92 Å². The van der Waals surface area contributed by atoms with E-state index in [-0.39, 0.29) is 24.1 Å². The quantitative estimate of drug-likeness (QED) is 0.620. The molecule has 0 radical (unpaired) electrons. The number of ketones is 1. The van der Waals surface area contributed by atoms with Crippen molar-refractivity contribution in [3.05, 3.63) is 35.1 Å². The van der Waals surface area contributed by atoms with E-state index in [2.05, 4.69) is 10.1 Å². The molecule has 0 aromatic heterocycles. The van der Waals surface area contributed by atoms with Gasteiger partial charge in [-0.05, 0) is 44.0 Å². The van der Waals surface area contributed by atoms with Gasteiger partial charge in [-0.3, -0.25) is 9.59 Å². The Bertz CT molecular complexity index is 516. The number of Topliss-reactive ketones (excluding diaryl/α,β-unsaturated/α-hetero) is 1. The van der Waals surface area contributed by atoms with Crippen LogP contribution in [0.4, 0.5) is 4.39 Å². The first kappa shape index (κ1) is 17.3. The zero-order valence-corrected chi connectivity index (χ0v) is 12.9. The first-order valence-corrected chi connectivity index (χ1v) is 7.02. The number of aryl methyl sites for hydroxylation is 1. The minimum Gasteiger partial charge on any atom is -0.469 e. The maximum atomic E-state index is 13.3. The van der Waals surface area contributed by atoms with E-state index < -0.39 is 12.0 Å². The van der Waals surface area contributed by atoms with E-state index in [4.69, 9.17) is 0 Å². The molecule has 1 N–H and O–H groups in total. The summed E-state index contributed by atoms with van der Waals surface area (Å²) in [5, 5.41) is 3.12. The molecule has 1 rings (SSSR count). The Balaban J connectivity index is 2.97. The summed E-state index contributed by atoms with van der Waals surface area (Å²) < 4.78 is 17.9. The number of halogens is 1. The highest BCUT2D eigenvalue weighted by atomic mass is 19.1. The van der Waals surface area contributed by atoms with Gasteiger partial charge in [0, 0.05) is 11.6 Å². The average Bonchev–Trinajstić information content (AvgIpc) is 2.48. The molecular weight excluding hydrogens is 273 g/mol. The van der Waals surface area contributed by atoms with Gasteiger partial charge in [0.05, 0.1) is 19.6 Å². The fraction of sp³-hybridized carbons (Fsp3) is 0.500. The van der Waals surface area contributed by atoms with Crippen LogP contribution in [0.3, 0.4) is 0 Å². The summed E-state index contributed by atoms with van der Waals surface area (Å²) in [6, 6.07) is 3.62. The number of benzene rings is 1. The van der Waals surface area contributed by atoms with Crippen LogP contribution in [-0.4, -0.2) is 30.9 Å².